The fraction of sp³-hybridized carbons (Fsp3) is 0.286. The van der Waals surface area contributed by atoms with Crippen LogP contribution in [0.15, 0.2) is 46.9 Å². The van der Waals surface area contributed by atoms with Crippen molar-refractivity contribution in [1.82, 2.24) is 10.2 Å². The summed E-state index contributed by atoms with van der Waals surface area (Å²) in [4.78, 5) is 38.3. The van der Waals surface area contributed by atoms with Gasteiger partial charge in [0.15, 0.2) is 0 Å². The van der Waals surface area contributed by atoms with Gasteiger partial charge in [-0.25, -0.2) is 4.79 Å². The molecule has 1 aliphatic rings. The van der Waals surface area contributed by atoms with Crippen LogP contribution < -0.4 is 10.6 Å². The van der Waals surface area contributed by atoms with Crippen LogP contribution >= 0.6 is 15.9 Å². The second-order valence-electron chi connectivity index (χ2n) is 7.14. The molecule has 7 heteroatoms. The second-order valence-corrected chi connectivity index (χ2v) is 8.05. The van der Waals surface area contributed by atoms with Crippen molar-refractivity contribution in [2.75, 3.05) is 18.4 Å². The molecule has 3 rings (SSSR count). The van der Waals surface area contributed by atoms with Crippen LogP contribution in [0.1, 0.15) is 40.1 Å². The summed E-state index contributed by atoms with van der Waals surface area (Å²) in [7, 11) is 0. The van der Waals surface area contributed by atoms with Crippen molar-refractivity contribution in [2.45, 2.75) is 20.3 Å². The Morgan fingerprint density at radius 3 is 2.54 bits per heavy atom. The molecule has 0 saturated heterocycles. The number of carbonyl (C=O) groups is 3. The lowest BCUT2D eigenvalue weighted by atomic mass is 10.1. The average Bonchev–Trinajstić information content (AvgIpc) is 2.86. The van der Waals surface area contributed by atoms with Crippen molar-refractivity contribution in [2.24, 2.45) is 5.92 Å². The van der Waals surface area contributed by atoms with Gasteiger partial charge in [-0.1, -0.05) is 41.9 Å². The predicted molar refractivity (Wildman–Crippen MR) is 112 cm³/mol. The highest BCUT2D eigenvalue weighted by molar-refractivity contribution is 9.10. The van der Waals surface area contributed by atoms with Crippen molar-refractivity contribution in [1.29, 1.82) is 0 Å². The number of rotatable bonds is 6. The van der Waals surface area contributed by atoms with E-state index in [-0.39, 0.29) is 23.8 Å². The molecule has 1 aliphatic heterocycles. The van der Waals surface area contributed by atoms with E-state index in [0.29, 0.717) is 36.3 Å². The highest BCUT2D eigenvalue weighted by Gasteiger charge is 2.35. The Morgan fingerprint density at radius 1 is 1.07 bits per heavy atom. The van der Waals surface area contributed by atoms with Gasteiger partial charge >= 0.3 is 6.03 Å². The van der Waals surface area contributed by atoms with E-state index in [1.165, 1.54) is 4.90 Å². The zero-order valence-electron chi connectivity index (χ0n) is 15.8. The summed E-state index contributed by atoms with van der Waals surface area (Å²) < 4.78 is 0.998. The molecule has 2 aromatic carbocycles. The number of amides is 4. The van der Waals surface area contributed by atoms with Gasteiger partial charge < -0.3 is 10.6 Å². The Labute approximate surface area is 172 Å². The number of hydrogen-bond donors (Lipinski definition) is 2. The van der Waals surface area contributed by atoms with E-state index in [0.717, 1.165) is 10.0 Å². The van der Waals surface area contributed by atoms with Crippen molar-refractivity contribution in [3.8, 4) is 0 Å². The molecule has 1 heterocycles. The van der Waals surface area contributed by atoms with Crippen molar-refractivity contribution in [3.05, 3.63) is 63.6 Å². The van der Waals surface area contributed by atoms with Crippen molar-refractivity contribution in [3.63, 3.8) is 0 Å². The van der Waals surface area contributed by atoms with Crippen LogP contribution in [0.25, 0.3) is 0 Å². The van der Waals surface area contributed by atoms with Gasteiger partial charge in [-0.15, -0.1) is 0 Å². The number of hydrogen-bond acceptors (Lipinski definition) is 3. The lowest BCUT2D eigenvalue weighted by Crippen LogP contribution is -2.33. The van der Waals surface area contributed by atoms with E-state index in [1.807, 2.05) is 38.1 Å². The number of benzene rings is 2. The highest BCUT2D eigenvalue weighted by atomic mass is 79.9. The third-order valence-electron chi connectivity index (χ3n) is 4.36. The Balaban J connectivity index is 1.59. The van der Waals surface area contributed by atoms with Gasteiger partial charge in [0.1, 0.15) is 0 Å². The third kappa shape index (κ3) is 4.59. The summed E-state index contributed by atoms with van der Waals surface area (Å²) in [6.45, 7) is 4.77. The quantitative estimate of drug-likeness (QED) is 0.660. The monoisotopic (exact) mass is 443 g/mol. The SMILES string of the molecule is CC(C)CN1C(=O)c2ccc(NC(=O)NCCc3cccc(Br)c3)cc2C1=O. The first-order chi connectivity index (χ1) is 13.3. The van der Waals surface area contributed by atoms with Crippen molar-refractivity contribution >= 4 is 39.5 Å². The Bertz CT molecular complexity index is 927. The summed E-state index contributed by atoms with van der Waals surface area (Å²) in [5, 5.41) is 5.51. The maximum absolute atomic E-state index is 12.5. The van der Waals surface area contributed by atoms with Gasteiger partial charge in [0.2, 0.25) is 0 Å². The van der Waals surface area contributed by atoms with Gasteiger partial charge in [-0.05, 0) is 48.2 Å². The Morgan fingerprint density at radius 2 is 1.82 bits per heavy atom. The molecule has 0 bridgehead atoms. The molecule has 0 atom stereocenters. The van der Waals surface area contributed by atoms with Crippen LogP contribution in [0.5, 0.6) is 0 Å². The first-order valence-corrected chi connectivity index (χ1v) is 9.94. The smallest absolute Gasteiger partial charge is 0.319 e. The van der Waals surface area contributed by atoms with Crippen LogP contribution in [-0.4, -0.2) is 35.8 Å². The summed E-state index contributed by atoms with van der Waals surface area (Å²) in [5.41, 5.74) is 2.30. The minimum atomic E-state index is -0.356. The fourth-order valence-electron chi connectivity index (χ4n) is 3.09. The molecule has 4 amide bonds. The molecule has 0 spiro atoms. The minimum Gasteiger partial charge on any atom is -0.338 e. The number of carbonyl (C=O) groups excluding carboxylic acids is 3. The summed E-state index contributed by atoms with van der Waals surface area (Å²) in [6, 6.07) is 12.3. The van der Waals surface area contributed by atoms with E-state index in [2.05, 4.69) is 26.6 Å². The van der Waals surface area contributed by atoms with Crippen LogP contribution in [-0.2, 0) is 6.42 Å². The molecule has 0 aromatic heterocycles. The van der Waals surface area contributed by atoms with E-state index in [9.17, 15) is 14.4 Å². The van der Waals surface area contributed by atoms with Gasteiger partial charge in [0, 0.05) is 23.2 Å². The molecule has 2 aromatic rings. The first-order valence-electron chi connectivity index (χ1n) is 9.14. The zero-order valence-corrected chi connectivity index (χ0v) is 17.4. The van der Waals surface area contributed by atoms with Crippen LogP contribution in [0, 0.1) is 5.92 Å². The molecule has 6 nitrogen and oxygen atoms in total. The third-order valence-corrected chi connectivity index (χ3v) is 4.86. The maximum Gasteiger partial charge on any atom is 0.319 e. The lowest BCUT2D eigenvalue weighted by molar-refractivity contribution is 0.0636. The highest BCUT2D eigenvalue weighted by Crippen LogP contribution is 2.26. The number of halogens is 1. The second kappa shape index (κ2) is 8.56. The standard InChI is InChI=1S/C21H22BrN3O3/c1-13(2)12-25-19(26)17-7-6-16(11-18(17)20(25)27)24-21(28)23-9-8-14-4-3-5-15(22)10-14/h3-7,10-11,13H,8-9,12H2,1-2H3,(H2,23,24,28). The summed E-state index contributed by atoms with van der Waals surface area (Å²) in [6.07, 6.45) is 0.703. The molecule has 0 fully saturated rings. The van der Waals surface area contributed by atoms with Gasteiger partial charge in [0.25, 0.3) is 11.8 Å². The lowest BCUT2D eigenvalue weighted by Gasteiger charge is -2.15. The molecule has 2 N–H and O–H groups in total. The van der Waals surface area contributed by atoms with E-state index < -0.39 is 0 Å². The van der Waals surface area contributed by atoms with Gasteiger partial charge in [0.05, 0.1) is 11.1 Å². The molecule has 0 saturated carbocycles. The Kier molecular flexibility index (Phi) is 6.14. The number of imide groups is 1. The molecular formula is C21H22BrN3O3. The zero-order chi connectivity index (χ0) is 20.3. The number of anilines is 1. The summed E-state index contributed by atoms with van der Waals surface area (Å²) >= 11 is 3.42. The average molecular weight is 444 g/mol. The normalized spacial score (nSPS) is 13.1. The fourth-order valence-corrected chi connectivity index (χ4v) is 3.53. The molecule has 0 unspecified atom stereocenters. The van der Waals surface area contributed by atoms with Crippen LogP contribution in [0.2, 0.25) is 0 Å². The van der Waals surface area contributed by atoms with E-state index in [4.69, 9.17) is 0 Å². The van der Waals surface area contributed by atoms with Gasteiger partial charge in [-0.2, -0.15) is 0 Å². The minimum absolute atomic E-state index is 0.191. The Hall–Kier alpha value is -2.67. The first kappa shape index (κ1) is 20.1. The summed E-state index contributed by atoms with van der Waals surface area (Å²) in [5.74, 6) is -0.401. The van der Waals surface area contributed by atoms with E-state index >= 15 is 0 Å². The van der Waals surface area contributed by atoms with Crippen molar-refractivity contribution < 1.29 is 14.4 Å². The van der Waals surface area contributed by atoms with Gasteiger partial charge in [-0.3, -0.25) is 14.5 Å². The number of urea groups is 1. The molecule has 146 valence electrons. The van der Waals surface area contributed by atoms with E-state index in [1.54, 1.807) is 18.2 Å². The number of fused-ring (bicyclic) bond motifs is 1. The molecule has 0 radical (unpaired) electrons. The molecule has 0 aliphatic carbocycles. The van der Waals surface area contributed by atoms with Crippen LogP contribution in [0.3, 0.4) is 0 Å². The number of nitrogens with one attached hydrogen (secondary N) is 2. The largest absolute Gasteiger partial charge is 0.338 e. The molecule has 28 heavy (non-hydrogen) atoms. The maximum atomic E-state index is 12.5. The predicted octanol–water partition coefficient (Wildman–Crippen LogP) is 4.07. The number of nitrogens with zero attached hydrogens (tertiary/aromatic N) is 1. The van der Waals surface area contributed by atoms with Crippen LogP contribution in [0.4, 0.5) is 10.5 Å². The molecular weight excluding hydrogens is 422 g/mol. The topological polar surface area (TPSA) is 78.5 Å².